The number of piperidine rings is 1. The monoisotopic (exact) mass is 232 g/mol. The zero-order chi connectivity index (χ0) is 12.5. The lowest BCUT2D eigenvalue weighted by atomic mass is 9.78. The molecule has 2 rings (SSSR count). The summed E-state index contributed by atoms with van der Waals surface area (Å²) in [7, 11) is 0. The number of nitrogens with zero attached hydrogens (tertiary/aromatic N) is 1. The molecule has 0 aromatic heterocycles. The lowest BCUT2D eigenvalue weighted by molar-refractivity contribution is 0.245. The largest absolute Gasteiger partial charge is 0.366 e. The van der Waals surface area contributed by atoms with Crippen molar-refractivity contribution < 1.29 is 0 Å². The third-order valence-corrected chi connectivity index (χ3v) is 4.23. The van der Waals surface area contributed by atoms with E-state index in [1.807, 2.05) is 0 Å². The third kappa shape index (κ3) is 2.32. The number of aryl methyl sites for hydroxylation is 1. The van der Waals surface area contributed by atoms with Gasteiger partial charge in [-0.05, 0) is 63.8 Å². The second-order valence-electron chi connectivity index (χ2n) is 5.72. The fourth-order valence-electron chi connectivity index (χ4n) is 3.02. The predicted octanol–water partition coefficient (Wildman–Crippen LogP) is 2.95. The molecule has 2 N–H and O–H groups in total. The average Bonchev–Trinajstić information content (AvgIpc) is 2.28. The van der Waals surface area contributed by atoms with Gasteiger partial charge in [0.05, 0.1) is 0 Å². The Morgan fingerprint density at radius 3 is 2.82 bits per heavy atom. The van der Waals surface area contributed by atoms with Crippen LogP contribution in [0.4, 0.5) is 5.69 Å². The summed E-state index contributed by atoms with van der Waals surface area (Å²) in [4.78, 5) is 2.53. The zero-order valence-corrected chi connectivity index (χ0v) is 11.2. The van der Waals surface area contributed by atoms with E-state index in [0.29, 0.717) is 5.92 Å². The second kappa shape index (κ2) is 4.69. The van der Waals surface area contributed by atoms with Crippen LogP contribution in [0.1, 0.15) is 32.3 Å². The molecule has 0 spiro atoms. The van der Waals surface area contributed by atoms with Crippen molar-refractivity contribution in [1.82, 2.24) is 0 Å². The maximum Gasteiger partial charge on any atom is 0.0386 e. The minimum Gasteiger partial charge on any atom is -0.366 e. The topological polar surface area (TPSA) is 29.3 Å². The molecule has 1 aromatic rings. The summed E-state index contributed by atoms with van der Waals surface area (Å²) in [6, 6.07) is 8.79. The molecular formula is C15H24N2. The van der Waals surface area contributed by atoms with Gasteiger partial charge in [-0.25, -0.2) is 0 Å². The molecule has 1 heterocycles. The van der Waals surface area contributed by atoms with E-state index in [4.69, 9.17) is 5.73 Å². The molecule has 1 aliphatic rings. The molecule has 94 valence electrons. The fraction of sp³-hybridized carbons (Fsp3) is 0.600. The van der Waals surface area contributed by atoms with Gasteiger partial charge in [-0.2, -0.15) is 0 Å². The van der Waals surface area contributed by atoms with Crippen molar-refractivity contribution in [2.45, 2.75) is 39.2 Å². The van der Waals surface area contributed by atoms with Gasteiger partial charge in [0, 0.05) is 17.8 Å². The van der Waals surface area contributed by atoms with E-state index in [9.17, 15) is 0 Å². The fourth-order valence-corrected chi connectivity index (χ4v) is 3.02. The van der Waals surface area contributed by atoms with E-state index in [2.05, 4.69) is 49.9 Å². The maximum absolute atomic E-state index is 5.92. The molecule has 2 nitrogen and oxygen atoms in total. The highest BCUT2D eigenvalue weighted by Crippen LogP contribution is 2.36. The minimum absolute atomic E-state index is 0.167. The van der Waals surface area contributed by atoms with Crippen molar-refractivity contribution in [2.75, 3.05) is 18.0 Å². The Morgan fingerprint density at radius 1 is 1.41 bits per heavy atom. The van der Waals surface area contributed by atoms with Crippen LogP contribution in [-0.2, 0) is 0 Å². The Kier molecular flexibility index (Phi) is 3.43. The first kappa shape index (κ1) is 12.4. The molecule has 0 radical (unpaired) electrons. The number of rotatable bonds is 2. The molecule has 1 fully saturated rings. The Labute approximate surface area is 105 Å². The minimum atomic E-state index is 0.167. The van der Waals surface area contributed by atoms with Gasteiger partial charge in [-0.3, -0.25) is 0 Å². The van der Waals surface area contributed by atoms with Crippen molar-refractivity contribution in [1.29, 1.82) is 0 Å². The Bertz CT molecular complexity index is 384. The van der Waals surface area contributed by atoms with Crippen molar-refractivity contribution in [3.8, 4) is 0 Å². The van der Waals surface area contributed by atoms with Gasteiger partial charge < -0.3 is 10.6 Å². The molecule has 1 saturated heterocycles. The van der Waals surface area contributed by atoms with Crippen molar-refractivity contribution in [3.05, 3.63) is 29.8 Å². The highest BCUT2D eigenvalue weighted by Gasteiger charge is 2.37. The third-order valence-electron chi connectivity index (χ3n) is 4.23. The molecule has 1 atom stereocenters. The number of hydrogen-bond donors (Lipinski definition) is 1. The normalized spacial score (nSPS) is 23.8. The van der Waals surface area contributed by atoms with Gasteiger partial charge >= 0.3 is 0 Å². The van der Waals surface area contributed by atoms with Gasteiger partial charge in [0.2, 0.25) is 0 Å². The Balaban J connectivity index is 2.31. The molecule has 17 heavy (non-hydrogen) atoms. The summed E-state index contributed by atoms with van der Waals surface area (Å²) >= 11 is 0. The summed E-state index contributed by atoms with van der Waals surface area (Å²) in [5, 5.41) is 0. The standard InChI is InChI=1S/C15H24N2/c1-12-6-4-8-14(10-12)17-9-5-7-13(11-16)15(17,2)3/h4,6,8,10,13H,5,7,9,11,16H2,1-3H3. The first-order chi connectivity index (χ1) is 8.05. The lowest BCUT2D eigenvalue weighted by Crippen LogP contribution is -2.55. The predicted molar refractivity (Wildman–Crippen MR) is 74.4 cm³/mol. The van der Waals surface area contributed by atoms with Gasteiger partial charge in [0.25, 0.3) is 0 Å². The molecule has 0 aliphatic carbocycles. The lowest BCUT2D eigenvalue weighted by Gasteiger charge is -2.49. The Morgan fingerprint density at radius 2 is 2.18 bits per heavy atom. The van der Waals surface area contributed by atoms with Gasteiger partial charge in [-0.15, -0.1) is 0 Å². The Hall–Kier alpha value is -1.02. The molecule has 1 aliphatic heterocycles. The highest BCUT2D eigenvalue weighted by molar-refractivity contribution is 5.51. The van der Waals surface area contributed by atoms with E-state index >= 15 is 0 Å². The number of hydrogen-bond acceptors (Lipinski definition) is 2. The number of anilines is 1. The summed E-state index contributed by atoms with van der Waals surface area (Å²) in [5.74, 6) is 0.594. The van der Waals surface area contributed by atoms with Crippen LogP contribution in [-0.4, -0.2) is 18.6 Å². The van der Waals surface area contributed by atoms with Crippen LogP contribution in [0.3, 0.4) is 0 Å². The SMILES string of the molecule is Cc1cccc(N2CCCC(CN)C2(C)C)c1. The molecule has 1 unspecified atom stereocenters. The summed E-state index contributed by atoms with van der Waals surface area (Å²) < 4.78 is 0. The molecule has 0 saturated carbocycles. The summed E-state index contributed by atoms with van der Waals surface area (Å²) in [6.07, 6.45) is 2.51. The molecule has 2 heteroatoms. The molecular weight excluding hydrogens is 208 g/mol. The van der Waals surface area contributed by atoms with Crippen LogP contribution in [0.5, 0.6) is 0 Å². The number of nitrogens with two attached hydrogens (primary N) is 1. The van der Waals surface area contributed by atoms with E-state index < -0.39 is 0 Å². The first-order valence-electron chi connectivity index (χ1n) is 6.60. The van der Waals surface area contributed by atoms with Gasteiger partial charge in [-0.1, -0.05) is 12.1 Å². The van der Waals surface area contributed by atoms with Crippen LogP contribution in [0, 0.1) is 12.8 Å². The smallest absolute Gasteiger partial charge is 0.0386 e. The van der Waals surface area contributed by atoms with Crippen LogP contribution in [0.2, 0.25) is 0 Å². The zero-order valence-electron chi connectivity index (χ0n) is 11.2. The molecule has 0 bridgehead atoms. The first-order valence-corrected chi connectivity index (χ1v) is 6.60. The van der Waals surface area contributed by atoms with Crippen LogP contribution >= 0.6 is 0 Å². The van der Waals surface area contributed by atoms with Gasteiger partial charge in [0.15, 0.2) is 0 Å². The molecule has 1 aromatic carbocycles. The summed E-state index contributed by atoms with van der Waals surface area (Å²) in [5.41, 5.74) is 8.76. The van der Waals surface area contributed by atoms with Crippen molar-refractivity contribution >= 4 is 5.69 Å². The van der Waals surface area contributed by atoms with Crippen LogP contribution < -0.4 is 10.6 Å². The second-order valence-corrected chi connectivity index (χ2v) is 5.72. The number of benzene rings is 1. The average molecular weight is 232 g/mol. The van der Waals surface area contributed by atoms with Crippen LogP contribution in [0.25, 0.3) is 0 Å². The van der Waals surface area contributed by atoms with E-state index in [0.717, 1.165) is 13.1 Å². The van der Waals surface area contributed by atoms with Gasteiger partial charge in [0.1, 0.15) is 0 Å². The van der Waals surface area contributed by atoms with E-state index in [1.165, 1.54) is 24.1 Å². The van der Waals surface area contributed by atoms with E-state index in [1.54, 1.807) is 0 Å². The van der Waals surface area contributed by atoms with Crippen molar-refractivity contribution in [3.63, 3.8) is 0 Å². The van der Waals surface area contributed by atoms with Crippen molar-refractivity contribution in [2.24, 2.45) is 11.7 Å². The van der Waals surface area contributed by atoms with E-state index in [-0.39, 0.29) is 5.54 Å². The maximum atomic E-state index is 5.92. The quantitative estimate of drug-likeness (QED) is 0.849. The summed E-state index contributed by atoms with van der Waals surface area (Å²) in [6.45, 7) is 8.74. The van der Waals surface area contributed by atoms with Crippen LogP contribution in [0.15, 0.2) is 24.3 Å². The molecule has 0 amide bonds. The highest BCUT2D eigenvalue weighted by atomic mass is 15.2.